The van der Waals surface area contributed by atoms with Crippen molar-refractivity contribution < 1.29 is 10.2 Å². The van der Waals surface area contributed by atoms with Crippen LogP contribution in [-0.4, -0.2) is 21.9 Å². The molecule has 0 aromatic heterocycles. The second-order valence-corrected chi connectivity index (χ2v) is 4.38. The molecule has 0 bridgehead atoms. The summed E-state index contributed by atoms with van der Waals surface area (Å²) in [5.41, 5.74) is -0.983. The zero-order valence-electron chi connectivity index (χ0n) is 8.46. The van der Waals surface area contributed by atoms with E-state index in [9.17, 15) is 10.2 Å². The Balaban J connectivity index is 2.83. The predicted octanol–water partition coefficient (Wildman–Crippen LogP) is 1.55. The highest BCUT2D eigenvalue weighted by Crippen LogP contribution is 2.56. The van der Waals surface area contributed by atoms with Gasteiger partial charge in [-0.05, 0) is 19.8 Å². The average Bonchev–Trinajstić information content (AvgIpc) is 2.03. The summed E-state index contributed by atoms with van der Waals surface area (Å²) in [6.45, 7) is 7.84. The quantitative estimate of drug-likeness (QED) is 0.663. The first-order valence-electron chi connectivity index (χ1n) is 4.82. The normalized spacial score (nSPS) is 53.5. The molecule has 2 N–H and O–H groups in total. The molecule has 0 aromatic rings. The van der Waals surface area contributed by atoms with E-state index in [-0.39, 0.29) is 17.4 Å². The van der Waals surface area contributed by atoms with Crippen LogP contribution in [0.3, 0.4) is 0 Å². The summed E-state index contributed by atoms with van der Waals surface area (Å²) >= 11 is 0. The minimum Gasteiger partial charge on any atom is -0.392 e. The summed E-state index contributed by atoms with van der Waals surface area (Å²) in [5, 5.41) is 19.9. The fourth-order valence-corrected chi connectivity index (χ4v) is 2.57. The molecular formula is C10H20O2. The molecule has 2 heteroatoms. The van der Waals surface area contributed by atoms with Gasteiger partial charge in [-0.25, -0.2) is 0 Å². The molecule has 1 fully saturated rings. The molecule has 0 saturated heterocycles. The maximum atomic E-state index is 10.1. The summed E-state index contributed by atoms with van der Waals surface area (Å²) in [6.07, 6.45) is 1.35. The van der Waals surface area contributed by atoms with Gasteiger partial charge in [-0.1, -0.05) is 20.8 Å². The zero-order valence-corrected chi connectivity index (χ0v) is 8.46. The van der Waals surface area contributed by atoms with Crippen LogP contribution in [0.1, 0.15) is 40.5 Å². The SMILES string of the molecule is CCC1C(O)C(C)(CC)C1(C)O. The summed E-state index contributed by atoms with van der Waals surface area (Å²) in [6, 6.07) is 0. The Bertz CT molecular complexity index is 177. The Hall–Kier alpha value is -0.0800. The molecule has 4 unspecified atom stereocenters. The Labute approximate surface area is 74.6 Å². The van der Waals surface area contributed by atoms with Gasteiger partial charge in [0.25, 0.3) is 0 Å². The second-order valence-electron chi connectivity index (χ2n) is 4.38. The molecule has 0 spiro atoms. The Morgan fingerprint density at radius 2 is 1.75 bits per heavy atom. The van der Waals surface area contributed by atoms with Crippen LogP contribution < -0.4 is 0 Å². The van der Waals surface area contributed by atoms with Crippen molar-refractivity contribution in [3.8, 4) is 0 Å². The molecule has 0 amide bonds. The van der Waals surface area contributed by atoms with Gasteiger partial charge in [0.15, 0.2) is 0 Å². The smallest absolute Gasteiger partial charge is 0.0750 e. The molecule has 1 aliphatic carbocycles. The molecule has 12 heavy (non-hydrogen) atoms. The molecule has 4 atom stereocenters. The van der Waals surface area contributed by atoms with Gasteiger partial charge in [-0.15, -0.1) is 0 Å². The predicted molar refractivity (Wildman–Crippen MR) is 48.8 cm³/mol. The van der Waals surface area contributed by atoms with Crippen molar-refractivity contribution in [3.63, 3.8) is 0 Å². The van der Waals surface area contributed by atoms with E-state index in [1.54, 1.807) is 0 Å². The third-order valence-corrected chi connectivity index (χ3v) is 4.09. The largest absolute Gasteiger partial charge is 0.392 e. The molecule has 0 aromatic carbocycles. The summed E-state index contributed by atoms with van der Waals surface area (Å²) in [4.78, 5) is 0. The fourth-order valence-electron chi connectivity index (χ4n) is 2.57. The third-order valence-electron chi connectivity index (χ3n) is 4.09. The molecule has 0 radical (unpaired) electrons. The Morgan fingerprint density at radius 3 is 2.00 bits per heavy atom. The van der Waals surface area contributed by atoms with Gasteiger partial charge in [0.2, 0.25) is 0 Å². The molecule has 1 rings (SSSR count). The lowest BCUT2D eigenvalue weighted by Crippen LogP contribution is -2.70. The first-order valence-corrected chi connectivity index (χ1v) is 4.82. The summed E-state index contributed by atoms with van der Waals surface area (Å²) in [5.74, 6) is 0.0578. The first-order chi connectivity index (χ1) is 5.41. The van der Waals surface area contributed by atoms with E-state index in [1.165, 1.54) is 0 Å². The maximum Gasteiger partial charge on any atom is 0.0750 e. The standard InChI is InChI=1S/C10H20O2/c1-5-7-8(11)9(3,6-2)10(7,4)12/h7-8,11-12H,5-6H2,1-4H3. The van der Waals surface area contributed by atoms with Gasteiger partial charge >= 0.3 is 0 Å². The van der Waals surface area contributed by atoms with Crippen molar-refractivity contribution in [2.75, 3.05) is 0 Å². The van der Waals surface area contributed by atoms with Crippen LogP contribution in [0.4, 0.5) is 0 Å². The van der Waals surface area contributed by atoms with E-state index in [4.69, 9.17) is 0 Å². The highest BCUT2D eigenvalue weighted by atomic mass is 16.3. The van der Waals surface area contributed by atoms with E-state index in [1.807, 2.05) is 27.7 Å². The average molecular weight is 172 g/mol. The Morgan fingerprint density at radius 1 is 1.25 bits per heavy atom. The van der Waals surface area contributed by atoms with E-state index in [2.05, 4.69) is 0 Å². The highest BCUT2D eigenvalue weighted by Gasteiger charge is 2.64. The lowest BCUT2D eigenvalue weighted by molar-refractivity contribution is -0.275. The Kier molecular flexibility index (Phi) is 2.26. The minimum absolute atomic E-state index is 0.0578. The van der Waals surface area contributed by atoms with Crippen molar-refractivity contribution in [3.05, 3.63) is 0 Å². The van der Waals surface area contributed by atoms with Crippen LogP contribution in [0.5, 0.6) is 0 Å². The van der Waals surface area contributed by atoms with Crippen molar-refractivity contribution in [2.24, 2.45) is 11.3 Å². The van der Waals surface area contributed by atoms with E-state index < -0.39 is 5.60 Å². The van der Waals surface area contributed by atoms with E-state index in [0.29, 0.717) is 0 Å². The maximum absolute atomic E-state index is 10.1. The van der Waals surface area contributed by atoms with Crippen LogP contribution in [0.25, 0.3) is 0 Å². The van der Waals surface area contributed by atoms with Gasteiger partial charge in [0.1, 0.15) is 0 Å². The number of hydrogen-bond donors (Lipinski definition) is 2. The molecule has 0 aliphatic heterocycles. The van der Waals surface area contributed by atoms with Crippen LogP contribution in [0, 0.1) is 11.3 Å². The molecule has 72 valence electrons. The number of aliphatic hydroxyl groups excluding tert-OH is 1. The lowest BCUT2D eigenvalue weighted by atomic mass is 9.48. The van der Waals surface area contributed by atoms with Crippen molar-refractivity contribution in [1.82, 2.24) is 0 Å². The fraction of sp³-hybridized carbons (Fsp3) is 1.00. The van der Waals surface area contributed by atoms with Gasteiger partial charge in [0.05, 0.1) is 11.7 Å². The number of hydrogen-bond acceptors (Lipinski definition) is 2. The molecular weight excluding hydrogens is 152 g/mol. The monoisotopic (exact) mass is 172 g/mol. The van der Waals surface area contributed by atoms with Crippen LogP contribution in [0.15, 0.2) is 0 Å². The van der Waals surface area contributed by atoms with Crippen molar-refractivity contribution in [2.45, 2.75) is 52.2 Å². The summed E-state index contributed by atoms with van der Waals surface area (Å²) < 4.78 is 0. The van der Waals surface area contributed by atoms with Gasteiger partial charge in [0, 0.05) is 11.3 Å². The van der Waals surface area contributed by atoms with Gasteiger partial charge in [-0.3, -0.25) is 0 Å². The molecule has 2 nitrogen and oxygen atoms in total. The lowest BCUT2D eigenvalue weighted by Gasteiger charge is -2.62. The minimum atomic E-state index is -0.685. The van der Waals surface area contributed by atoms with Crippen LogP contribution >= 0.6 is 0 Å². The third kappa shape index (κ3) is 0.882. The van der Waals surface area contributed by atoms with Gasteiger partial charge in [-0.2, -0.15) is 0 Å². The number of rotatable bonds is 2. The molecule has 1 saturated carbocycles. The topological polar surface area (TPSA) is 40.5 Å². The first kappa shape index (κ1) is 10.0. The molecule has 0 heterocycles. The van der Waals surface area contributed by atoms with E-state index in [0.717, 1.165) is 12.8 Å². The zero-order chi connectivity index (χ0) is 9.57. The number of aliphatic hydroxyl groups is 2. The van der Waals surface area contributed by atoms with Crippen molar-refractivity contribution >= 4 is 0 Å². The van der Waals surface area contributed by atoms with Crippen molar-refractivity contribution in [1.29, 1.82) is 0 Å². The van der Waals surface area contributed by atoms with Crippen LogP contribution in [-0.2, 0) is 0 Å². The highest BCUT2D eigenvalue weighted by molar-refractivity contribution is 5.13. The van der Waals surface area contributed by atoms with Crippen LogP contribution in [0.2, 0.25) is 0 Å². The second kappa shape index (κ2) is 2.71. The molecule has 1 aliphatic rings. The summed E-state index contributed by atoms with van der Waals surface area (Å²) in [7, 11) is 0. The van der Waals surface area contributed by atoms with Gasteiger partial charge < -0.3 is 10.2 Å². The van der Waals surface area contributed by atoms with E-state index >= 15 is 0 Å².